The second kappa shape index (κ2) is 6.71. The number of ether oxygens (including phenoxy) is 1. The first-order valence-electron chi connectivity index (χ1n) is 7.26. The molecular weight excluding hydrogens is 264 g/mol. The molecule has 0 bridgehead atoms. The molecule has 0 radical (unpaired) electrons. The summed E-state index contributed by atoms with van der Waals surface area (Å²) in [5.74, 6) is 0. The van der Waals surface area contributed by atoms with E-state index in [2.05, 4.69) is 17.2 Å². The molecule has 1 saturated carbocycles. The highest BCUT2D eigenvalue weighted by Gasteiger charge is 2.53. The molecule has 0 aromatic rings. The summed E-state index contributed by atoms with van der Waals surface area (Å²) in [6, 6.07) is -0.395. The van der Waals surface area contributed by atoms with Crippen LogP contribution in [0.15, 0.2) is 4.99 Å². The normalized spacial score (nSPS) is 42.1. The van der Waals surface area contributed by atoms with Gasteiger partial charge in [0, 0.05) is 6.54 Å². The summed E-state index contributed by atoms with van der Waals surface area (Å²) >= 11 is 0. The van der Waals surface area contributed by atoms with Gasteiger partial charge < -0.3 is 30.5 Å². The third kappa shape index (κ3) is 3.06. The van der Waals surface area contributed by atoms with Crippen LogP contribution in [0.25, 0.3) is 0 Å². The molecule has 1 saturated heterocycles. The number of unbranched alkanes of at least 4 members (excludes halogenated alkanes) is 3. The number of hydrogen-bond donors (Lipinski definition) is 5. The molecule has 0 aromatic carbocycles. The Balaban J connectivity index is 1.91. The van der Waals surface area contributed by atoms with Crippen molar-refractivity contribution in [3.8, 4) is 0 Å². The quantitative estimate of drug-likeness (QED) is 0.403. The van der Waals surface area contributed by atoms with Crippen molar-refractivity contribution in [2.45, 2.75) is 69.2 Å². The van der Waals surface area contributed by atoms with Gasteiger partial charge in [0.25, 0.3) is 6.02 Å². The van der Waals surface area contributed by atoms with Gasteiger partial charge in [-0.2, -0.15) is 0 Å². The molecule has 1 aliphatic carbocycles. The molecular formula is C13H24N2O5. The smallest absolute Gasteiger partial charge is 0.285 e. The van der Waals surface area contributed by atoms with Crippen LogP contribution in [-0.2, 0) is 4.74 Å². The summed E-state index contributed by atoms with van der Waals surface area (Å²) < 4.78 is 5.43. The van der Waals surface area contributed by atoms with Crippen molar-refractivity contribution in [3.63, 3.8) is 0 Å². The van der Waals surface area contributed by atoms with Crippen molar-refractivity contribution in [3.05, 3.63) is 0 Å². The summed E-state index contributed by atoms with van der Waals surface area (Å²) in [6.07, 6.45) is -1.69. The second-order valence-electron chi connectivity index (χ2n) is 5.46. The molecule has 2 aliphatic rings. The number of rotatable bonds is 5. The van der Waals surface area contributed by atoms with Crippen molar-refractivity contribution < 1.29 is 25.2 Å². The molecule has 116 valence electrons. The summed E-state index contributed by atoms with van der Waals surface area (Å²) in [5.41, 5.74) is 0. The second-order valence-corrected chi connectivity index (χ2v) is 5.46. The number of nitrogens with one attached hydrogen (secondary N) is 1. The molecule has 5 N–H and O–H groups in total. The van der Waals surface area contributed by atoms with Gasteiger partial charge in [-0.05, 0) is 6.42 Å². The van der Waals surface area contributed by atoms with E-state index in [9.17, 15) is 20.4 Å². The molecule has 7 nitrogen and oxygen atoms in total. The maximum atomic E-state index is 9.88. The van der Waals surface area contributed by atoms with Crippen LogP contribution in [0.5, 0.6) is 0 Å². The Hall–Kier alpha value is -0.890. The van der Waals surface area contributed by atoms with Gasteiger partial charge in [-0.3, -0.25) is 0 Å². The Morgan fingerprint density at radius 3 is 2.40 bits per heavy atom. The van der Waals surface area contributed by atoms with E-state index in [0.717, 1.165) is 19.3 Å². The lowest BCUT2D eigenvalue weighted by atomic mass is 9.84. The Labute approximate surface area is 118 Å². The molecule has 20 heavy (non-hydrogen) atoms. The summed E-state index contributed by atoms with van der Waals surface area (Å²) in [5, 5.41) is 41.8. The molecule has 1 heterocycles. The Kier molecular flexibility index (Phi) is 5.20. The van der Waals surface area contributed by atoms with Gasteiger partial charge in [-0.1, -0.05) is 26.2 Å². The van der Waals surface area contributed by atoms with E-state index in [1.54, 1.807) is 0 Å². The fourth-order valence-corrected chi connectivity index (χ4v) is 2.64. The Morgan fingerprint density at radius 1 is 1.00 bits per heavy atom. The van der Waals surface area contributed by atoms with Gasteiger partial charge in [0.15, 0.2) is 6.10 Å². The van der Waals surface area contributed by atoms with Crippen LogP contribution in [0.3, 0.4) is 0 Å². The van der Waals surface area contributed by atoms with Crippen LogP contribution in [0.2, 0.25) is 0 Å². The van der Waals surface area contributed by atoms with E-state index in [4.69, 9.17) is 4.74 Å². The van der Waals surface area contributed by atoms with E-state index in [0.29, 0.717) is 6.54 Å². The first kappa shape index (κ1) is 15.5. The van der Waals surface area contributed by atoms with Crippen molar-refractivity contribution >= 4 is 6.02 Å². The van der Waals surface area contributed by atoms with Gasteiger partial charge in [0.1, 0.15) is 24.4 Å². The Bertz CT molecular complexity index is 328. The highest BCUT2D eigenvalue weighted by Crippen LogP contribution is 2.27. The number of aliphatic hydroxyl groups is 4. The summed E-state index contributed by atoms with van der Waals surface area (Å²) in [4.78, 5) is 4.24. The topological polar surface area (TPSA) is 115 Å². The predicted molar refractivity (Wildman–Crippen MR) is 72.3 cm³/mol. The van der Waals surface area contributed by atoms with Crippen molar-refractivity contribution in [2.24, 2.45) is 4.99 Å². The monoisotopic (exact) mass is 288 g/mol. The minimum atomic E-state index is -1.42. The molecule has 6 atom stereocenters. The highest BCUT2D eigenvalue weighted by atomic mass is 16.5. The highest BCUT2D eigenvalue weighted by molar-refractivity contribution is 5.76. The molecule has 1 aliphatic heterocycles. The standard InChI is InChI=1S/C13H24N2O5/c1-2-3-4-5-6-14-13-15-7-8(16)9(17)10(18)11(19)12(7)20-13/h7-12,16-19H,2-6H2,1H3,(H,14,15)/t7-,8-,9+,10-,11+,12-/m0/s1. The van der Waals surface area contributed by atoms with E-state index in [1.807, 2.05) is 0 Å². The molecule has 0 amide bonds. The third-order valence-electron chi connectivity index (χ3n) is 3.91. The van der Waals surface area contributed by atoms with Crippen LogP contribution < -0.4 is 5.32 Å². The minimum Gasteiger partial charge on any atom is -0.457 e. The molecule has 0 aromatic heterocycles. The number of amidine groups is 1. The van der Waals surface area contributed by atoms with E-state index in [1.165, 1.54) is 6.42 Å². The Morgan fingerprint density at radius 2 is 1.70 bits per heavy atom. The van der Waals surface area contributed by atoms with E-state index in [-0.39, 0.29) is 6.02 Å². The molecule has 7 heteroatoms. The van der Waals surface area contributed by atoms with E-state index < -0.39 is 36.6 Å². The number of nitrogens with zero attached hydrogens (tertiary/aromatic N) is 1. The first-order chi connectivity index (χ1) is 9.56. The zero-order valence-corrected chi connectivity index (χ0v) is 11.6. The average Bonchev–Trinajstić information content (AvgIpc) is 2.87. The van der Waals surface area contributed by atoms with Crippen molar-refractivity contribution in [1.29, 1.82) is 0 Å². The average molecular weight is 288 g/mol. The molecule has 0 unspecified atom stereocenters. The zero-order valence-electron chi connectivity index (χ0n) is 11.6. The van der Waals surface area contributed by atoms with Gasteiger partial charge in [0.05, 0.1) is 6.04 Å². The number of aliphatic hydroxyl groups excluding tert-OH is 4. The maximum Gasteiger partial charge on any atom is 0.285 e. The number of fused-ring (bicyclic) bond motifs is 1. The summed E-state index contributed by atoms with van der Waals surface area (Å²) in [6.45, 7) is 2.75. The van der Waals surface area contributed by atoms with Crippen LogP contribution in [0, 0.1) is 0 Å². The van der Waals surface area contributed by atoms with Crippen LogP contribution in [0.1, 0.15) is 32.6 Å². The fourth-order valence-electron chi connectivity index (χ4n) is 2.64. The van der Waals surface area contributed by atoms with Gasteiger partial charge in [0.2, 0.25) is 0 Å². The summed E-state index contributed by atoms with van der Waals surface area (Å²) in [7, 11) is 0. The SMILES string of the molecule is CCCCCCN=C1N[C@H]2[C@H](O)[C@@H](O)[C@H](O)[C@@H](O)[C@H]2O1. The fraction of sp³-hybridized carbons (Fsp3) is 0.923. The first-order valence-corrected chi connectivity index (χ1v) is 7.26. The van der Waals surface area contributed by atoms with Gasteiger partial charge in [-0.25, -0.2) is 4.99 Å². The van der Waals surface area contributed by atoms with Crippen LogP contribution >= 0.6 is 0 Å². The van der Waals surface area contributed by atoms with Gasteiger partial charge >= 0.3 is 0 Å². The molecule has 2 rings (SSSR count). The number of hydrogen-bond acceptors (Lipinski definition) is 6. The van der Waals surface area contributed by atoms with Crippen LogP contribution in [-0.4, -0.2) is 69.6 Å². The van der Waals surface area contributed by atoms with E-state index >= 15 is 0 Å². The van der Waals surface area contributed by atoms with Gasteiger partial charge in [-0.15, -0.1) is 0 Å². The maximum absolute atomic E-state index is 9.88. The zero-order chi connectivity index (χ0) is 14.7. The largest absolute Gasteiger partial charge is 0.457 e. The predicted octanol–water partition coefficient (Wildman–Crippen LogP) is -1.26. The lowest BCUT2D eigenvalue weighted by Gasteiger charge is -2.38. The third-order valence-corrected chi connectivity index (χ3v) is 3.91. The lowest BCUT2D eigenvalue weighted by Crippen LogP contribution is -2.64. The lowest BCUT2D eigenvalue weighted by molar-refractivity contribution is -0.174. The molecule has 2 fully saturated rings. The van der Waals surface area contributed by atoms with Crippen LogP contribution in [0.4, 0.5) is 0 Å². The van der Waals surface area contributed by atoms with Crippen molar-refractivity contribution in [1.82, 2.24) is 5.32 Å². The number of aliphatic imine (C=N–C) groups is 1. The van der Waals surface area contributed by atoms with Crippen molar-refractivity contribution in [2.75, 3.05) is 6.54 Å². The molecule has 0 spiro atoms. The minimum absolute atomic E-state index is 0.260.